The van der Waals surface area contributed by atoms with E-state index in [1.165, 1.54) is 12.1 Å². The van der Waals surface area contributed by atoms with Gasteiger partial charge in [0.25, 0.3) is 5.69 Å². The zero-order chi connectivity index (χ0) is 23.8. The highest BCUT2D eigenvalue weighted by molar-refractivity contribution is 6.04. The summed E-state index contributed by atoms with van der Waals surface area (Å²) in [6, 6.07) is 15.4. The highest BCUT2D eigenvalue weighted by Gasteiger charge is 2.43. The summed E-state index contributed by atoms with van der Waals surface area (Å²) < 4.78 is 5.63. The van der Waals surface area contributed by atoms with Crippen LogP contribution in [0.4, 0.5) is 5.69 Å². The monoisotopic (exact) mass is 446 g/mol. The number of hydrogen-bond acceptors (Lipinski definition) is 6. The number of carbonyl (C=O) groups excluding carboxylic acids is 2. The first-order chi connectivity index (χ1) is 15.7. The number of hydrogen-bond donors (Lipinski definition) is 1. The smallest absolute Gasteiger partial charge is 0.337 e. The Morgan fingerprint density at radius 2 is 1.79 bits per heavy atom. The molecular weight excluding hydrogens is 420 g/mol. The first-order valence-corrected chi connectivity index (χ1v) is 10.9. The summed E-state index contributed by atoms with van der Waals surface area (Å²) in [5.74, 6) is -1.19. The van der Waals surface area contributed by atoms with Crippen LogP contribution in [0.25, 0.3) is 0 Å². The van der Waals surface area contributed by atoms with Gasteiger partial charge in [0, 0.05) is 41.4 Å². The van der Waals surface area contributed by atoms with Crippen LogP contribution in [0.2, 0.25) is 0 Å². The Bertz CT molecular complexity index is 1180. The van der Waals surface area contributed by atoms with Crippen molar-refractivity contribution in [1.29, 1.82) is 0 Å². The van der Waals surface area contributed by atoms with Crippen molar-refractivity contribution >= 4 is 17.4 Å². The molecule has 0 saturated heterocycles. The number of allylic oxidation sites excluding steroid dienone is 3. The van der Waals surface area contributed by atoms with E-state index in [4.69, 9.17) is 4.74 Å². The molecule has 1 aliphatic heterocycles. The Balaban J connectivity index is 1.74. The summed E-state index contributed by atoms with van der Waals surface area (Å²) in [5.41, 5.74) is 3.58. The fraction of sp³-hybridized carbons (Fsp3) is 0.308. The molecule has 0 bridgehead atoms. The van der Waals surface area contributed by atoms with Crippen LogP contribution in [0, 0.1) is 15.5 Å². The van der Waals surface area contributed by atoms with E-state index < -0.39 is 16.8 Å². The van der Waals surface area contributed by atoms with Gasteiger partial charge in [-0.1, -0.05) is 56.3 Å². The zero-order valence-electron chi connectivity index (χ0n) is 18.9. The maximum absolute atomic E-state index is 13.3. The van der Waals surface area contributed by atoms with Gasteiger partial charge < -0.3 is 10.1 Å². The molecule has 7 nitrogen and oxygen atoms in total. The second-order valence-electron chi connectivity index (χ2n) is 9.34. The van der Waals surface area contributed by atoms with Crippen molar-refractivity contribution in [2.75, 3.05) is 0 Å². The number of ketones is 1. The molecule has 0 saturated carbocycles. The fourth-order valence-electron chi connectivity index (χ4n) is 4.63. The number of nitro groups is 1. The third-order valence-electron chi connectivity index (χ3n) is 6.11. The molecule has 0 amide bonds. The van der Waals surface area contributed by atoms with E-state index >= 15 is 0 Å². The van der Waals surface area contributed by atoms with Crippen LogP contribution < -0.4 is 5.32 Å². The third-order valence-corrected chi connectivity index (χ3v) is 6.11. The molecule has 4 rings (SSSR count). The number of non-ortho nitro benzene ring substituents is 1. The molecule has 1 atom stereocenters. The number of rotatable bonds is 5. The van der Waals surface area contributed by atoms with E-state index in [9.17, 15) is 19.7 Å². The second-order valence-corrected chi connectivity index (χ2v) is 9.34. The molecule has 2 aliphatic rings. The highest BCUT2D eigenvalue weighted by Crippen LogP contribution is 2.47. The highest BCUT2D eigenvalue weighted by atomic mass is 16.6. The van der Waals surface area contributed by atoms with Gasteiger partial charge in [-0.2, -0.15) is 0 Å². The molecule has 7 heteroatoms. The van der Waals surface area contributed by atoms with E-state index in [1.807, 2.05) is 44.2 Å². The summed E-state index contributed by atoms with van der Waals surface area (Å²) in [6.07, 6.45) is 1.03. The lowest BCUT2D eigenvalue weighted by molar-refractivity contribution is -0.384. The molecule has 0 spiro atoms. The van der Waals surface area contributed by atoms with Crippen molar-refractivity contribution in [1.82, 2.24) is 5.32 Å². The third kappa shape index (κ3) is 4.58. The molecule has 33 heavy (non-hydrogen) atoms. The number of Topliss-reactive ketones (excluding diaryl/α,β-unsaturated/α-hetero) is 1. The maximum atomic E-state index is 13.3. The second kappa shape index (κ2) is 8.65. The van der Waals surface area contributed by atoms with Crippen molar-refractivity contribution < 1.29 is 19.2 Å². The lowest BCUT2D eigenvalue weighted by Gasteiger charge is -2.39. The van der Waals surface area contributed by atoms with Crippen molar-refractivity contribution in [3.05, 3.63) is 98.4 Å². The summed E-state index contributed by atoms with van der Waals surface area (Å²) >= 11 is 0. The molecule has 0 radical (unpaired) electrons. The van der Waals surface area contributed by atoms with E-state index in [2.05, 4.69) is 5.32 Å². The zero-order valence-corrected chi connectivity index (χ0v) is 18.9. The summed E-state index contributed by atoms with van der Waals surface area (Å²) in [7, 11) is 0. The van der Waals surface area contributed by atoms with Crippen molar-refractivity contribution in [3.63, 3.8) is 0 Å². The molecule has 2 aromatic carbocycles. The number of esters is 1. The van der Waals surface area contributed by atoms with Gasteiger partial charge in [-0.05, 0) is 29.9 Å². The van der Waals surface area contributed by atoms with Gasteiger partial charge in [-0.25, -0.2) is 4.79 Å². The Labute approximate surface area is 192 Å². The molecule has 1 aliphatic carbocycles. The number of nitro benzene ring substituents is 1. The lowest BCUT2D eigenvalue weighted by atomic mass is 9.68. The van der Waals surface area contributed by atoms with Gasteiger partial charge in [-0.3, -0.25) is 14.9 Å². The number of dihydropyridines is 1. The lowest BCUT2D eigenvalue weighted by Crippen LogP contribution is -2.38. The topological polar surface area (TPSA) is 98.5 Å². The number of benzene rings is 2. The minimum Gasteiger partial charge on any atom is -0.457 e. The van der Waals surface area contributed by atoms with Crippen molar-refractivity contribution in [3.8, 4) is 0 Å². The van der Waals surface area contributed by atoms with E-state index in [-0.39, 0.29) is 23.5 Å². The standard InChI is InChI=1S/C26H26N2O5/c1-16-22(25(30)33-15-17-7-5-4-6-8-17)23(18-9-11-19(12-10-18)28(31)32)24-20(27-16)13-26(2,3)14-21(24)29/h4-12,23,27H,13-15H2,1-3H3/t23-/m1/s1. The van der Waals surface area contributed by atoms with Crippen LogP contribution in [0.15, 0.2) is 77.1 Å². The minimum absolute atomic E-state index is 0.0297. The Morgan fingerprint density at radius 3 is 2.42 bits per heavy atom. The predicted molar refractivity (Wildman–Crippen MR) is 123 cm³/mol. The Kier molecular flexibility index (Phi) is 5.89. The van der Waals surface area contributed by atoms with Crippen LogP contribution in [-0.4, -0.2) is 16.7 Å². The van der Waals surface area contributed by atoms with Crippen LogP contribution in [-0.2, 0) is 20.9 Å². The fourth-order valence-corrected chi connectivity index (χ4v) is 4.63. The van der Waals surface area contributed by atoms with Crippen molar-refractivity contribution in [2.24, 2.45) is 5.41 Å². The molecule has 0 aromatic heterocycles. The minimum atomic E-state index is -0.645. The summed E-state index contributed by atoms with van der Waals surface area (Å²) in [4.78, 5) is 37.2. The quantitative estimate of drug-likeness (QED) is 0.397. The number of nitrogens with one attached hydrogen (secondary N) is 1. The number of ether oxygens (including phenoxy) is 1. The molecule has 2 aromatic rings. The van der Waals surface area contributed by atoms with Crippen molar-refractivity contribution in [2.45, 2.75) is 46.1 Å². The summed E-state index contributed by atoms with van der Waals surface area (Å²) in [6.45, 7) is 5.99. The van der Waals surface area contributed by atoms with E-state index in [0.29, 0.717) is 35.2 Å². The predicted octanol–water partition coefficient (Wildman–Crippen LogP) is 4.94. The SMILES string of the molecule is CC1=C(C(=O)OCc2ccccc2)[C@@H](c2ccc([N+](=O)[O-])cc2)C2=C(CC(C)(C)CC2=O)N1. The molecule has 1 N–H and O–H groups in total. The van der Waals surface area contributed by atoms with Gasteiger partial charge in [0.2, 0.25) is 0 Å². The van der Waals surface area contributed by atoms with E-state index in [0.717, 1.165) is 11.3 Å². The number of nitrogens with zero attached hydrogens (tertiary/aromatic N) is 1. The summed E-state index contributed by atoms with van der Waals surface area (Å²) in [5, 5.41) is 14.4. The largest absolute Gasteiger partial charge is 0.457 e. The normalized spacial score (nSPS) is 19.6. The molecule has 0 unspecified atom stereocenters. The van der Waals surface area contributed by atoms with Gasteiger partial charge in [-0.15, -0.1) is 0 Å². The first-order valence-electron chi connectivity index (χ1n) is 10.9. The van der Waals surface area contributed by atoms with Crippen LogP contribution in [0.5, 0.6) is 0 Å². The molecular formula is C26H26N2O5. The van der Waals surface area contributed by atoms with Gasteiger partial charge in [0.05, 0.1) is 10.5 Å². The van der Waals surface area contributed by atoms with E-state index in [1.54, 1.807) is 19.1 Å². The Morgan fingerprint density at radius 1 is 1.12 bits per heavy atom. The van der Waals surface area contributed by atoms with Gasteiger partial charge in [0.15, 0.2) is 5.78 Å². The average molecular weight is 447 g/mol. The molecule has 170 valence electrons. The van der Waals surface area contributed by atoms with Crippen LogP contribution >= 0.6 is 0 Å². The van der Waals surface area contributed by atoms with Crippen LogP contribution in [0.1, 0.15) is 50.7 Å². The molecule has 0 fully saturated rings. The average Bonchev–Trinajstić information content (AvgIpc) is 2.76. The van der Waals surface area contributed by atoms with Crippen LogP contribution in [0.3, 0.4) is 0 Å². The Hall–Kier alpha value is -3.74. The maximum Gasteiger partial charge on any atom is 0.337 e. The first kappa shape index (κ1) is 22.5. The number of carbonyl (C=O) groups is 2. The molecule has 1 heterocycles. The van der Waals surface area contributed by atoms with Gasteiger partial charge in [0.1, 0.15) is 6.61 Å². The van der Waals surface area contributed by atoms with Gasteiger partial charge >= 0.3 is 5.97 Å².